The lowest BCUT2D eigenvalue weighted by Crippen LogP contribution is -2.23. The zero-order valence-electron chi connectivity index (χ0n) is 9.73. The number of pyridine rings is 1. The number of unbranched alkanes of at least 4 members (excludes halogenated alkanes) is 2. The largest absolute Gasteiger partial charge is 0.370 e. The van der Waals surface area contributed by atoms with Crippen LogP contribution in [0.3, 0.4) is 0 Å². The molecule has 0 fully saturated rings. The molecule has 0 radical (unpaired) electrons. The molecule has 0 amide bonds. The lowest BCUT2D eigenvalue weighted by Gasteiger charge is -2.20. The number of aromatic nitrogens is 1. The molecule has 0 aromatic carbocycles. The van der Waals surface area contributed by atoms with E-state index in [-0.39, 0.29) is 0 Å². The van der Waals surface area contributed by atoms with Gasteiger partial charge in [0.1, 0.15) is 5.69 Å². The van der Waals surface area contributed by atoms with E-state index in [9.17, 15) is 17.6 Å². The van der Waals surface area contributed by atoms with Crippen molar-refractivity contribution >= 4 is 5.69 Å². The van der Waals surface area contributed by atoms with E-state index in [0.29, 0.717) is 13.0 Å². The highest BCUT2D eigenvalue weighted by Crippen LogP contribution is 2.25. The Labute approximate surface area is 97.3 Å². The Morgan fingerprint density at radius 1 is 1.00 bits per heavy atom. The second-order valence-electron chi connectivity index (χ2n) is 3.80. The van der Waals surface area contributed by atoms with Gasteiger partial charge in [0.15, 0.2) is 0 Å². The number of anilines is 1. The zero-order chi connectivity index (χ0) is 13.0. The molecule has 0 atom stereocenters. The fraction of sp³-hybridized carbons (Fsp3) is 0.545. The number of hydrogen-bond acceptors (Lipinski definition) is 2. The molecule has 0 saturated carbocycles. The van der Waals surface area contributed by atoms with Crippen LogP contribution in [0.25, 0.3) is 0 Å². The van der Waals surface area contributed by atoms with Gasteiger partial charge in [-0.05, 0) is 6.42 Å². The first-order chi connectivity index (χ1) is 7.99. The predicted molar refractivity (Wildman–Crippen MR) is 56.9 cm³/mol. The molecule has 0 saturated heterocycles. The Balaban J connectivity index is 2.95. The predicted octanol–water partition coefficient (Wildman–Crippen LogP) is 3.26. The van der Waals surface area contributed by atoms with Gasteiger partial charge in [-0.2, -0.15) is 22.5 Å². The minimum atomic E-state index is -1.62. The highest BCUT2D eigenvalue weighted by molar-refractivity contribution is 5.47. The molecule has 1 heterocycles. The van der Waals surface area contributed by atoms with Gasteiger partial charge in [-0.25, -0.2) is 0 Å². The molecule has 17 heavy (non-hydrogen) atoms. The van der Waals surface area contributed by atoms with Gasteiger partial charge in [0.25, 0.3) is 11.9 Å². The molecule has 1 aromatic heterocycles. The van der Waals surface area contributed by atoms with Gasteiger partial charge in [0, 0.05) is 13.6 Å². The van der Waals surface area contributed by atoms with Crippen LogP contribution >= 0.6 is 0 Å². The maximum absolute atomic E-state index is 13.3. The minimum absolute atomic E-state index is 0.324. The quantitative estimate of drug-likeness (QED) is 0.453. The van der Waals surface area contributed by atoms with Gasteiger partial charge in [-0.15, -0.1) is 0 Å². The molecule has 6 heteroatoms. The topological polar surface area (TPSA) is 16.1 Å². The number of nitrogens with zero attached hydrogens (tertiary/aromatic N) is 2. The SMILES string of the molecule is CCCCCN(C)c1c(F)c(F)nc(F)c1F. The Bertz CT molecular complexity index is 369. The van der Waals surface area contributed by atoms with Crippen molar-refractivity contribution in [3.05, 3.63) is 23.5 Å². The van der Waals surface area contributed by atoms with Crippen LogP contribution in [0.1, 0.15) is 26.2 Å². The summed E-state index contributed by atoms with van der Waals surface area (Å²) in [4.78, 5) is 3.66. The maximum Gasteiger partial charge on any atom is 0.253 e. The van der Waals surface area contributed by atoms with Crippen molar-refractivity contribution in [3.63, 3.8) is 0 Å². The first-order valence-electron chi connectivity index (χ1n) is 5.40. The van der Waals surface area contributed by atoms with E-state index in [1.54, 1.807) is 0 Å². The van der Waals surface area contributed by atoms with Crippen molar-refractivity contribution < 1.29 is 17.6 Å². The molecule has 2 nitrogen and oxygen atoms in total. The minimum Gasteiger partial charge on any atom is -0.370 e. The van der Waals surface area contributed by atoms with Gasteiger partial charge in [-0.1, -0.05) is 19.8 Å². The molecule has 96 valence electrons. The lowest BCUT2D eigenvalue weighted by atomic mass is 10.2. The fourth-order valence-electron chi connectivity index (χ4n) is 1.52. The molecule has 0 aliphatic rings. The molecule has 1 aromatic rings. The van der Waals surface area contributed by atoms with Crippen LogP contribution in [0, 0.1) is 23.5 Å². The van der Waals surface area contributed by atoms with Crippen molar-refractivity contribution in [3.8, 4) is 0 Å². The van der Waals surface area contributed by atoms with Crippen LogP contribution in [0.15, 0.2) is 0 Å². The van der Waals surface area contributed by atoms with E-state index < -0.39 is 29.2 Å². The van der Waals surface area contributed by atoms with Gasteiger partial charge < -0.3 is 4.90 Å². The summed E-state index contributed by atoms with van der Waals surface area (Å²) in [5.74, 6) is -6.16. The zero-order valence-corrected chi connectivity index (χ0v) is 9.73. The van der Waals surface area contributed by atoms with E-state index >= 15 is 0 Å². The maximum atomic E-state index is 13.3. The highest BCUT2D eigenvalue weighted by Gasteiger charge is 2.23. The molecule has 0 N–H and O–H groups in total. The van der Waals surface area contributed by atoms with Gasteiger partial charge in [-0.3, -0.25) is 0 Å². The standard InChI is InChI=1S/C11H14F4N2/c1-3-4-5-6-17(2)9-7(12)10(14)16-11(15)8(9)13/h3-6H2,1-2H3. The highest BCUT2D eigenvalue weighted by atomic mass is 19.2. The molecule has 0 bridgehead atoms. The Hall–Kier alpha value is -1.33. The molecule has 0 aliphatic heterocycles. The first kappa shape index (κ1) is 13.7. The van der Waals surface area contributed by atoms with Crippen LogP contribution in [-0.2, 0) is 0 Å². The molecule has 0 spiro atoms. The first-order valence-corrected chi connectivity index (χ1v) is 5.40. The summed E-state index contributed by atoms with van der Waals surface area (Å²) in [6, 6.07) is 0. The summed E-state index contributed by atoms with van der Waals surface area (Å²) in [5, 5.41) is 0. The van der Waals surface area contributed by atoms with Crippen LogP contribution in [-0.4, -0.2) is 18.6 Å². The Morgan fingerprint density at radius 2 is 1.53 bits per heavy atom. The molecule has 0 aliphatic carbocycles. The third kappa shape index (κ3) is 3.08. The smallest absolute Gasteiger partial charge is 0.253 e. The second-order valence-corrected chi connectivity index (χ2v) is 3.80. The second kappa shape index (κ2) is 5.84. The summed E-state index contributed by atoms with van der Waals surface area (Å²) in [6.07, 6.45) is 2.51. The summed E-state index contributed by atoms with van der Waals surface area (Å²) in [6.45, 7) is 2.30. The normalized spacial score (nSPS) is 10.7. The van der Waals surface area contributed by atoms with Gasteiger partial charge in [0.2, 0.25) is 11.6 Å². The average Bonchev–Trinajstić information content (AvgIpc) is 2.27. The van der Waals surface area contributed by atoms with Gasteiger partial charge in [0.05, 0.1) is 0 Å². The van der Waals surface area contributed by atoms with Crippen LogP contribution in [0.2, 0.25) is 0 Å². The lowest BCUT2D eigenvalue weighted by molar-refractivity contribution is 0.406. The fourth-order valence-corrected chi connectivity index (χ4v) is 1.52. The summed E-state index contributed by atoms with van der Waals surface area (Å²) < 4.78 is 52.3. The van der Waals surface area contributed by atoms with Crippen molar-refractivity contribution in [2.75, 3.05) is 18.5 Å². The Morgan fingerprint density at radius 3 is 2.00 bits per heavy atom. The summed E-state index contributed by atoms with van der Waals surface area (Å²) >= 11 is 0. The number of hydrogen-bond donors (Lipinski definition) is 0. The van der Waals surface area contributed by atoms with Crippen LogP contribution in [0.4, 0.5) is 23.2 Å². The monoisotopic (exact) mass is 250 g/mol. The summed E-state index contributed by atoms with van der Waals surface area (Å²) in [5.41, 5.74) is -0.703. The van der Waals surface area contributed by atoms with Crippen molar-refractivity contribution in [1.82, 2.24) is 4.98 Å². The Kier molecular flexibility index (Phi) is 4.72. The third-order valence-corrected chi connectivity index (χ3v) is 2.45. The van der Waals surface area contributed by atoms with E-state index in [2.05, 4.69) is 4.98 Å². The van der Waals surface area contributed by atoms with Crippen molar-refractivity contribution in [2.45, 2.75) is 26.2 Å². The van der Waals surface area contributed by atoms with Gasteiger partial charge >= 0.3 is 0 Å². The number of rotatable bonds is 5. The molecular formula is C11H14F4N2. The molecular weight excluding hydrogens is 236 g/mol. The average molecular weight is 250 g/mol. The van der Waals surface area contributed by atoms with E-state index in [0.717, 1.165) is 17.7 Å². The third-order valence-electron chi connectivity index (χ3n) is 2.45. The van der Waals surface area contributed by atoms with Crippen LogP contribution in [0.5, 0.6) is 0 Å². The molecule has 0 unspecified atom stereocenters. The van der Waals surface area contributed by atoms with E-state index in [4.69, 9.17) is 0 Å². The van der Waals surface area contributed by atoms with Crippen molar-refractivity contribution in [2.24, 2.45) is 0 Å². The summed E-state index contributed by atoms with van der Waals surface area (Å²) in [7, 11) is 1.38. The molecule has 1 rings (SSSR count). The van der Waals surface area contributed by atoms with E-state index in [1.165, 1.54) is 7.05 Å². The van der Waals surface area contributed by atoms with Crippen molar-refractivity contribution in [1.29, 1.82) is 0 Å². The van der Waals surface area contributed by atoms with E-state index in [1.807, 2.05) is 6.92 Å². The number of halogens is 4. The van der Waals surface area contributed by atoms with Crippen LogP contribution < -0.4 is 4.90 Å².